The van der Waals surface area contributed by atoms with Crippen LogP contribution in [0.15, 0.2) is 72.3 Å². The van der Waals surface area contributed by atoms with Gasteiger partial charge in [0.15, 0.2) is 5.13 Å². The molecule has 1 unspecified atom stereocenters. The molecule has 0 bridgehead atoms. The molecule has 1 aliphatic rings. The maximum Gasteiger partial charge on any atom is 0.301 e. The quantitative estimate of drug-likeness (QED) is 0.141. The van der Waals surface area contributed by atoms with E-state index in [1.807, 2.05) is 24.3 Å². The van der Waals surface area contributed by atoms with Gasteiger partial charge in [-0.15, -0.1) is 0 Å². The van der Waals surface area contributed by atoms with Crippen molar-refractivity contribution in [1.29, 1.82) is 0 Å². The average Bonchev–Trinajstić information content (AvgIpc) is 3.46. The van der Waals surface area contributed by atoms with Gasteiger partial charge in [0.25, 0.3) is 5.78 Å². The van der Waals surface area contributed by atoms with Crippen molar-refractivity contribution in [1.82, 2.24) is 4.98 Å². The monoisotopic (exact) mass is 562 g/mol. The van der Waals surface area contributed by atoms with Crippen molar-refractivity contribution < 1.29 is 24.2 Å². The number of halogens is 1. The van der Waals surface area contributed by atoms with Crippen molar-refractivity contribution in [2.45, 2.75) is 26.3 Å². The number of ether oxygens (including phenoxy) is 2. The fraction of sp³-hybridized carbons (Fsp3) is 0.233. The number of aromatic nitrogens is 1. The first-order valence-electron chi connectivity index (χ1n) is 12.5. The molecule has 1 N–H and O–H groups in total. The van der Waals surface area contributed by atoms with Crippen LogP contribution < -0.4 is 14.4 Å². The molecule has 7 nitrogen and oxygen atoms in total. The van der Waals surface area contributed by atoms with Gasteiger partial charge in [-0.1, -0.05) is 48.9 Å². The molecule has 3 aromatic carbocycles. The van der Waals surface area contributed by atoms with Gasteiger partial charge in [-0.2, -0.15) is 0 Å². The summed E-state index contributed by atoms with van der Waals surface area (Å²) in [6.07, 6.45) is 0.883. The van der Waals surface area contributed by atoms with Crippen molar-refractivity contribution in [2.24, 2.45) is 5.92 Å². The summed E-state index contributed by atoms with van der Waals surface area (Å²) in [5, 5.41) is 12.2. The van der Waals surface area contributed by atoms with Crippen LogP contribution in [0.4, 0.5) is 5.13 Å². The van der Waals surface area contributed by atoms with Crippen LogP contribution in [0.25, 0.3) is 16.0 Å². The van der Waals surface area contributed by atoms with Gasteiger partial charge in [-0.25, -0.2) is 4.98 Å². The molecular weight excluding hydrogens is 536 g/mol. The summed E-state index contributed by atoms with van der Waals surface area (Å²) in [7, 11) is 1.58. The summed E-state index contributed by atoms with van der Waals surface area (Å²) < 4.78 is 12.1. The Hall–Kier alpha value is -3.88. The molecule has 9 heteroatoms. The van der Waals surface area contributed by atoms with Gasteiger partial charge in [-0.05, 0) is 72.5 Å². The maximum atomic E-state index is 13.5. The van der Waals surface area contributed by atoms with Crippen LogP contribution in [0.1, 0.15) is 37.4 Å². The highest BCUT2D eigenvalue weighted by molar-refractivity contribution is 7.22. The second kappa shape index (κ2) is 11.1. The van der Waals surface area contributed by atoms with E-state index in [1.165, 1.54) is 16.2 Å². The van der Waals surface area contributed by atoms with E-state index in [1.54, 1.807) is 49.6 Å². The molecular formula is C30H27ClN2O5S. The molecule has 1 fully saturated rings. The second-order valence-electron chi connectivity index (χ2n) is 9.61. The molecule has 0 saturated carbocycles. The molecule has 5 rings (SSSR count). The number of amides is 1. The third kappa shape index (κ3) is 5.35. The number of methoxy groups -OCH3 is 1. The molecule has 1 aromatic heterocycles. The Bertz CT molecular complexity index is 1580. The van der Waals surface area contributed by atoms with Crippen LogP contribution in [-0.4, -0.2) is 35.5 Å². The summed E-state index contributed by atoms with van der Waals surface area (Å²) in [4.78, 5) is 33.1. The predicted molar refractivity (Wildman–Crippen MR) is 154 cm³/mol. The van der Waals surface area contributed by atoms with Crippen molar-refractivity contribution in [3.63, 3.8) is 0 Å². The number of Topliss-reactive ketones (excluding diaryl/α,β-unsaturated/α-hetero) is 1. The highest BCUT2D eigenvalue weighted by Gasteiger charge is 2.48. The highest BCUT2D eigenvalue weighted by Crippen LogP contribution is 2.45. The van der Waals surface area contributed by atoms with Gasteiger partial charge in [0.1, 0.15) is 17.3 Å². The lowest BCUT2D eigenvalue weighted by molar-refractivity contribution is -0.132. The number of nitrogens with zero attached hydrogens (tertiary/aromatic N) is 2. The van der Waals surface area contributed by atoms with Gasteiger partial charge in [0.05, 0.1) is 35.5 Å². The number of fused-ring (bicyclic) bond motifs is 1. The van der Waals surface area contributed by atoms with E-state index in [0.29, 0.717) is 50.8 Å². The molecule has 1 aliphatic heterocycles. The zero-order chi connectivity index (χ0) is 27.7. The van der Waals surface area contributed by atoms with Gasteiger partial charge >= 0.3 is 5.91 Å². The van der Waals surface area contributed by atoms with Crippen LogP contribution in [-0.2, 0) is 9.59 Å². The maximum absolute atomic E-state index is 13.5. The van der Waals surface area contributed by atoms with Crippen molar-refractivity contribution >= 4 is 55.7 Å². The molecule has 0 radical (unpaired) electrons. The highest BCUT2D eigenvalue weighted by atomic mass is 35.5. The SMILES string of the molecule is COc1ccc2nc(N3C(=O)C(=O)/C(=C(/O)c4ccc(Cl)cc4)C3c3cccc(OCCC(C)C)c3)sc2c1. The zero-order valence-electron chi connectivity index (χ0n) is 21.7. The Morgan fingerprint density at radius 1 is 1.08 bits per heavy atom. The zero-order valence-corrected chi connectivity index (χ0v) is 23.3. The number of ketones is 1. The van der Waals surface area contributed by atoms with E-state index in [2.05, 4.69) is 18.8 Å². The normalized spacial score (nSPS) is 16.8. The van der Waals surface area contributed by atoms with Crippen LogP contribution in [0, 0.1) is 5.92 Å². The first-order chi connectivity index (χ1) is 18.8. The molecule has 200 valence electrons. The van der Waals surface area contributed by atoms with E-state index in [0.717, 1.165) is 11.1 Å². The number of thiazole rings is 1. The Kier molecular flexibility index (Phi) is 7.59. The molecule has 0 aliphatic carbocycles. The Labute approximate surface area is 235 Å². The first-order valence-corrected chi connectivity index (χ1v) is 13.7. The molecule has 1 atom stereocenters. The van der Waals surface area contributed by atoms with Crippen molar-refractivity contribution in [3.8, 4) is 11.5 Å². The van der Waals surface area contributed by atoms with Crippen molar-refractivity contribution in [3.05, 3.63) is 88.5 Å². The lowest BCUT2D eigenvalue weighted by atomic mass is 9.95. The minimum atomic E-state index is -0.920. The smallest absolute Gasteiger partial charge is 0.301 e. The van der Waals surface area contributed by atoms with E-state index in [9.17, 15) is 14.7 Å². The molecule has 0 spiro atoms. The van der Waals surface area contributed by atoms with Gasteiger partial charge in [0, 0.05) is 10.6 Å². The summed E-state index contributed by atoms with van der Waals surface area (Å²) in [5.41, 5.74) is 1.63. The largest absolute Gasteiger partial charge is 0.507 e. The van der Waals surface area contributed by atoms with Gasteiger partial charge in [-0.3, -0.25) is 14.5 Å². The Morgan fingerprint density at radius 3 is 2.56 bits per heavy atom. The number of carbonyl (C=O) groups is 2. The molecule has 39 heavy (non-hydrogen) atoms. The van der Waals surface area contributed by atoms with E-state index in [-0.39, 0.29) is 11.3 Å². The summed E-state index contributed by atoms with van der Waals surface area (Å²) in [6, 6.07) is 18.2. The number of carbonyl (C=O) groups excluding carboxylic acids is 2. The van der Waals surface area contributed by atoms with Gasteiger partial charge in [0.2, 0.25) is 0 Å². The number of hydrogen-bond donors (Lipinski definition) is 1. The van der Waals surface area contributed by atoms with Crippen LogP contribution in [0.3, 0.4) is 0 Å². The van der Waals surface area contributed by atoms with Crippen LogP contribution in [0.2, 0.25) is 5.02 Å². The number of aliphatic hydroxyl groups is 1. The Morgan fingerprint density at radius 2 is 1.85 bits per heavy atom. The summed E-state index contributed by atoms with van der Waals surface area (Å²) in [5.74, 6) is -0.101. The fourth-order valence-electron chi connectivity index (χ4n) is 4.42. The number of benzene rings is 3. The summed E-state index contributed by atoms with van der Waals surface area (Å²) in [6.45, 7) is 4.78. The minimum Gasteiger partial charge on any atom is -0.507 e. The fourth-order valence-corrected chi connectivity index (χ4v) is 5.56. The lowest BCUT2D eigenvalue weighted by Gasteiger charge is -2.23. The van der Waals surface area contributed by atoms with E-state index >= 15 is 0 Å². The minimum absolute atomic E-state index is 0.0292. The number of rotatable bonds is 8. The van der Waals surface area contributed by atoms with Crippen LogP contribution >= 0.6 is 22.9 Å². The number of aliphatic hydroxyl groups excluding tert-OH is 1. The third-order valence-corrected chi connectivity index (χ3v) is 7.76. The van der Waals surface area contributed by atoms with E-state index in [4.69, 9.17) is 21.1 Å². The molecule has 1 amide bonds. The van der Waals surface area contributed by atoms with Crippen molar-refractivity contribution in [2.75, 3.05) is 18.6 Å². The molecule has 1 saturated heterocycles. The average molecular weight is 563 g/mol. The number of hydrogen-bond acceptors (Lipinski definition) is 7. The summed E-state index contributed by atoms with van der Waals surface area (Å²) >= 11 is 7.31. The Balaban J connectivity index is 1.65. The van der Waals surface area contributed by atoms with Gasteiger partial charge < -0.3 is 14.6 Å². The number of anilines is 1. The predicted octanol–water partition coefficient (Wildman–Crippen LogP) is 7.01. The first kappa shape index (κ1) is 26.7. The molecule has 4 aromatic rings. The third-order valence-electron chi connectivity index (χ3n) is 6.49. The standard InChI is InChI=1S/C30H27ClN2O5S/c1-17(2)13-14-38-22-6-4-5-19(15-22)26-25(27(34)18-7-9-20(31)10-8-18)28(35)29(36)33(26)30-32-23-12-11-21(37-3)16-24(23)39-30/h4-12,15-17,26,34H,13-14H2,1-3H3/b27-25+. The lowest BCUT2D eigenvalue weighted by Crippen LogP contribution is -2.29. The van der Waals surface area contributed by atoms with E-state index < -0.39 is 17.7 Å². The molecule has 2 heterocycles. The van der Waals surface area contributed by atoms with Crippen LogP contribution in [0.5, 0.6) is 11.5 Å². The topological polar surface area (TPSA) is 89.0 Å². The second-order valence-corrected chi connectivity index (χ2v) is 11.1.